The topological polar surface area (TPSA) is 56.7 Å². The van der Waals surface area contributed by atoms with Gasteiger partial charge in [0.25, 0.3) is 0 Å². The Morgan fingerprint density at radius 1 is 1.33 bits per heavy atom. The molecular formula is C10H17F3N4O. The molecule has 2 aliphatic rings. The Bertz CT molecular complexity index is 300. The molecule has 0 saturated heterocycles. The molecule has 1 heterocycles. The molecule has 104 valence electrons. The molecule has 2 N–H and O–H groups in total. The average molecular weight is 266 g/mol. The van der Waals surface area contributed by atoms with E-state index in [0.29, 0.717) is 0 Å². The molecule has 0 aromatic heterocycles. The summed E-state index contributed by atoms with van der Waals surface area (Å²) in [6.45, 7) is 1.44. The molecule has 2 rings (SSSR count). The minimum atomic E-state index is -4.39. The summed E-state index contributed by atoms with van der Waals surface area (Å²) in [4.78, 5) is 8.81. The van der Waals surface area contributed by atoms with Gasteiger partial charge in [0.1, 0.15) is 6.29 Å². The molecular weight excluding hydrogens is 249 g/mol. The van der Waals surface area contributed by atoms with Gasteiger partial charge in [-0.25, -0.2) is 5.53 Å². The molecule has 0 aromatic rings. The van der Waals surface area contributed by atoms with Crippen LogP contribution in [0.4, 0.5) is 13.2 Å². The Labute approximate surface area is 103 Å². The van der Waals surface area contributed by atoms with E-state index in [2.05, 4.69) is 16.2 Å². The standard InChI is InChI=1S/C8H13F3N4.C2H4O/c9-8(10,11)7-12-13-14-15(7)6-4-2-1-3-5-6;1-2-3/h6,13-14H,1-5H2;2H,1H3. The van der Waals surface area contributed by atoms with E-state index in [1.54, 1.807) is 0 Å². The van der Waals surface area contributed by atoms with Crippen molar-refractivity contribution in [3.63, 3.8) is 0 Å². The molecule has 1 aliphatic carbocycles. The number of rotatable bonds is 1. The zero-order valence-electron chi connectivity index (χ0n) is 10.1. The van der Waals surface area contributed by atoms with E-state index in [9.17, 15) is 13.2 Å². The number of carbonyl (C=O) groups excluding carboxylic acids is 1. The van der Waals surface area contributed by atoms with Gasteiger partial charge in [-0.3, -0.25) is 5.01 Å². The number of hydrogen-bond donors (Lipinski definition) is 2. The van der Waals surface area contributed by atoms with Crippen LogP contribution in [0.5, 0.6) is 0 Å². The predicted molar refractivity (Wildman–Crippen MR) is 60.2 cm³/mol. The first kappa shape index (κ1) is 14.7. The highest BCUT2D eigenvalue weighted by Gasteiger charge is 2.45. The minimum Gasteiger partial charge on any atom is -0.304 e. The zero-order chi connectivity index (χ0) is 13.6. The molecule has 18 heavy (non-hydrogen) atoms. The third kappa shape index (κ3) is 3.86. The first-order chi connectivity index (χ1) is 8.50. The van der Waals surface area contributed by atoms with E-state index in [1.165, 1.54) is 6.92 Å². The van der Waals surface area contributed by atoms with Gasteiger partial charge in [-0.05, 0) is 19.8 Å². The van der Waals surface area contributed by atoms with Crippen LogP contribution in [0.2, 0.25) is 0 Å². The number of nitrogens with one attached hydrogen (secondary N) is 2. The van der Waals surface area contributed by atoms with E-state index in [4.69, 9.17) is 4.79 Å². The van der Waals surface area contributed by atoms with Gasteiger partial charge < -0.3 is 4.79 Å². The van der Waals surface area contributed by atoms with Crippen LogP contribution >= 0.6 is 0 Å². The van der Waals surface area contributed by atoms with Crippen LogP contribution < -0.4 is 11.1 Å². The van der Waals surface area contributed by atoms with Crippen molar-refractivity contribution in [3.05, 3.63) is 0 Å². The van der Waals surface area contributed by atoms with Crippen LogP contribution in [0.1, 0.15) is 39.0 Å². The molecule has 0 aromatic carbocycles. The number of amidine groups is 1. The minimum absolute atomic E-state index is 0.103. The summed E-state index contributed by atoms with van der Waals surface area (Å²) in [5.41, 5.74) is 4.61. The van der Waals surface area contributed by atoms with Crippen LogP contribution in [-0.4, -0.2) is 29.3 Å². The number of hydrogen-bond acceptors (Lipinski definition) is 5. The summed E-state index contributed by atoms with van der Waals surface area (Å²) in [5.74, 6) is -0.866. The highest BCUT2D eigenvalue weighted by molar-refractivity contribution is 5.88. The quantitative estimate of drug-likeness (QED) is 0.710. The second-order valence-electron chi connectivity index (χ2n) is 4.05. The van der Waals surface area contributed by atoms with Crippen molar-refractivity contribution in [1.29, 1.82) is 0 Å². The molecule has 0 bridgehead atoms. The maximum Gasteiger partial charge on any atom is 0.452 e. The second kappa shape index (κ2) is 6.58. The molecule has 1 fully saturated rings. The van der Waals surface area contributed by atoms with Crippen molar-refractivity contribution in [2.45, 2.75) is 51.2 Å². The lowest BCUT2D eigenvalue weighted by molar-refractivity contribution is -0.106. The van der Waals surface area contributed by atoms with Crippen LogP contribution in [0.25, 0.3) is 0 Å². The molecule has 0 unspecified atom stereocenters. The number of carbonyl (C=O) groups is 1. The van der Waals surface area contributed by atoms with Gasteiger partial charge >= 0.3 is 6.18 Å². The van der Waals surface area contributed by atoms with E-state index < -0.39 is 12.0 Å². The first-order valence-electron chi connectivity index (χ1n) is 5.85. The van der Waals surface area contributed by atoms with E-state index in [0.717, 1.165) is 43.4 Å². The first-order valence-corrected chi connectivity index (χ1v) is 5.85. The summed E-state index contributed by atoms with van der Waals surface area (Å²) < 4.78 is 37.5. The molecule has 0 spiro atoms. The van der Waals surface area contributed by atoms with Gasteiger partial charge in [-0.15, -0.1) is 10.6 Å². The Hall–Kier alpha value is -1.31. The Morgan fingerprint density at radius 3 is 2.39 bits per heavy atom. The lowest BCUT2D eigenvalue weighted by Gasteiger charge is -2.32. The van der Waals surface area contributed by atoms with Crippen LogP contribution in [0, 0.1) is 0 Å². The number of hydrazine groups is 2. The third-order valence-electron chi connectivity index (χ3n) is 2.75. The number of nitrogens with zero attached hydrogens (tertiary/aromatic N) is 2. The summed E-state index contributed by atoms with van der Waals surface area (Å²) >= 11 is 0. The maximum absolute atomic E-state index is 12.5. The maximum atomic E-state index is 12.5. The summed E-state index contributed by atoms with van der Waals surface area (Å²) in [5, 5.41) is 4.33. The number of hydrazone groups is 1. The summed E-state index contributed by atoms with van der Waals surface area (Å²) in [6, 6.07) is -0.103. The molecule has 1 aliphatic heterocycles. The average Bonchev–Trinajstić information content (AvgIpc) is 2.80. The van der Waals surface area contributed by atoms with Crippen LogP contribution in [0.3, 0.4) is 0 Å². The van der Waals surface area contributed by atoms with Gasteiger partial charge in [0.2, 0.25) is 5.84 Å². The fourth-order valence-corrected chi connectivity index (χ4v) is 2.04. The summed E-state index contributed by atoms with van der Waals surface area (Å²) in [7, 11) is 0. The van der Waals surface area contributed by atoms with E-state index in [-0.39, 0.29) is 6.04 Å². The number of alkyl halides is 3. The fourth-order valence-electron chi connectivity index (χ4n) is 2.04. The third-order valence-corrected chi connectivity index (χ3v) is 2.75. The van der Waals surface area contributed by atoms with E-state index >= 15 is 0 Å². The normalized spacial score (nSPS) is 20.7. The lowest BCUT2D eigenvalue weighted by atomic mass is 9.95. The van der Waals surface area contributed by atoms with Crippen molar-refractivity contribution >= 4 is 12.1 Å². The van der Waals surface area contributed by atoms with Gasteiger partial charge in [0.05, 0.1) is 0 Å². The van der Waals surface area contributed by atoms with Crippen molar-refractivity contribution < 1.29 is 18.0 Å². The highest BCUT2D eigenvalue weighted by Crippen LogP contribution is 2.27. The van der Waals surface area contributed by atoms with Gasteiger partial charge in [-0.2, -0.15) is 13.2 Å². The number of halogens is 3. The van der Waals surface area contributed by atoms with Crippen LogP contribution in [-0.2, 0) is 4.79 Å². The summed E-state index contributed by atoms with van der Waals surface area (Å²) in [6.07, 6.45) is 0.986. The van der Waals surface area contributed by atoms with Gasteiger partial charge in [0.15, 0.2) is 0 Å². The molecule has 0 radical (unpaired) electrons. The van der Waals surface area contributed by atoms with Crippen molar-refractivity contribution in [3.8, 4) is 0 Å². The SMILES string of the molecule is CC=O.FC(F)(F)C1=NNNN1C1CCCCC1. The van der Waals surface area contributed by atoms with Gasteiger partial charge in [0, 0.05) is 6.04 Å². The molecule has 1 saturated carbocycles. The molecule has 0 amide bonds. The monoisotopic (exact) mass is 266 g/mol. The Morgan fingerprint density at radius 2 is 1.89 bits per heavy atom. The van der Waals surface area contributed by atoms with Gasteiger partial charge in [-0.1, -0.05) is 19.3 Å². The van der Waals surface area contributed by atoms with Crippen molar-refractivity contribution in [1.82, 2.24) is 16.1 Å². The smallest absolute Gasteiger partial charge is 0.304 e. The Balaban J connectivity index is 0.000000492. The largest absolute Gasteiger partial charge is 0.452 e. The van der Waals surface area contributed by atoms with Crippen LogP contribution in [0.15, 0.2) is 5.10 Å². The fraction of sp³-hybridized carbons (Fsp3) is 0.800. The molecule has 8 heteroatoms. The van der Waals surface area contributed by atoms with E-state index in [1.807, 2.05) is 0 Å². The second-order valence-corrected chi connectivity index (χ2v) is 4.05. The predicted octanol–water partition coefficient (Wildman–Crippen LogP) is 1.72. The zero-order valence-corrected chi connectivity index (χ0v) is 10.1. The van der Waals surface area contributed by atoms with Crippen molar-refractivity contribution in [2.24, 2.45) is 5.10 Å². The molecule has 0 atom stereocenters. The number of aldehydes is 1. The Kier molecular flexibility index (Phi) is 5.39. The van der Waals surface area contributed by atoms with Crippen molar-refractivity contribution in [2.75, 3.05) is 0 Å². The highest BCUT2D eigenvalue weighted by atomic mass is 19.4. The molecule has 5 nitrogen and oxygen atoms in total. The lowest BCUT2D eigenvalue weighted by Crippen LogP contribution is -2.52.